The first kappa shape index (κ1) is 10.8. The van der Waals surface area contributed by atoms with E-state index < -0.39 is 0 Å². The SMILES string of the molecule is Cc1ccc2c(c1)[C@H](C)C[C@H]1CC(=O)CCN21. The van der Waals surface area contributed by atoms with Gasteiger partial charge in [0.2, 0.25) is 0 Å². The van der Waals surface area contributed by atoms with Crippen molar-refractivity contribution in [1.29, 1.82) is 0 Å². The van der Waals surface area contributed by atoms with Gasteiger partial charge in [-0.15, -0.1) is 0 Å². The lowest BCUT2D eigenvalue weighted by molar-refractivity contribution is -0.120. The second-order valence-electron chi connectivity index (χ2n) is 5.54. The van der Waals surface area contributed by atoms with E-state index in [1.165, 1.54) is 16.8 Å². The van der Waals surface area contributed by atoms with Gasteiger partial charge in [0.05, 0.1) is 0 Å². The van der Waals surface area contributed by atoms with Crippen molar-refractivity contribution in [1.82, 2.24) is 0 Å². The summed E-state index contributed by atoms with van der Waals surface area (Å²) in [4.78, 5) is 14.0. The van der Waals surface area contributed by atoms with Crippen LogP contribution in [0.25, 0.3) is 0 Å². The molecule has 17 heavy (non-hydrogen) atoms. The van der Waals surface area contributed by atoms with E-state index in [0.29, 0.717) is 17.7 Å². The zero-order valence-corrected chi connectivity index (χ0v) is 10.6. The summed E-state index contributed by atoms with van der Waals surface area (Å²) in [5, 5.41) is 0. The first-order valence-electron chi connectivity index (χ1n) is 6.54. The van der Waals surface area contributed by atoms with E-state index in [-0.39, 0.29) is 0 Å². The molecule has 2 aliphatic heterocycles. The molecule has 1 aromatic carbocycles. The molecule has 0 N–H and O–H groups in total. The molecule has 0 saturated carbocycles. The maximum absolute atomic E-state index is 11.6. The van der Waals surface area contributed by atoms with Crippen molar-refractivity contribution < 1.29 is 4.79 Å². The molecule has 2 nitrogen and oxygen atoms in total. The standard InChI is InChI=1S/C15H19NO/c1-10-3-4-15-14(7-10)11(2)8-12-9-13(17)5-6-16(12)15/h3-4,7,11-12H,5-6,8-9H2,1-2H3/t11-,12+/m1/s1. The van der Waals surface area contributed by atoms with Gasteiger partial charge in [-0.1, -0.05) is 24.6 Å². The van der Waals surface area contributed by atoms with Crippen LogP contribution in [0, 0.1) is 6.92 Å². The van der Waals surface area contributed by atoms with E-state index in [9.17, 15) is 4.79 Å². The van der Waals surface area contributed by atoms with Gasteiger partial charge >= 0.3 is 0 Å². The third-order valence-electron chi connectivity index (χ3n) is 4.18. The number of hydrogen-bond acceptors (Lipinski definition) is 2. The average Bonchev–Trinajstić information content (AvgIpc) is 2.29. The van der Waals surface area contributed by atoms with Crippen LogP contribution in [0.5, 0.6) is 0 Å². The Labute approximate surface area is 103 Å². The molecule has 0 amide bonds. The van der Waals surface area contributed by atoms with Gasteiger partial charge in [-0.05, 0) is 30.9 Å². The van der Waals surface area contributed by atoms with Crippen molar-refractivity contribution >= 4 is 11.5 Å². The van der Waals surface area contributed by atoms with Gasteiger partial charge in [0, 0.05) is 31.1 Å². The minimum atomic E-state index is 0.439. The zero-order chi connectivity index (χ0) is 12.0. The van der Waals surface area contributed by atoms with Gasteiger partial charge in [0.1, 0.15) is 5.78 Å². The van der Waals surface area contributed by atoms with Gasteiger partial charge < -0.3 is 4.90 Å². The topological polar surface area (TPSA) is 20.3 Å². The highest BCUT2D eigenvalue weighted by Gasteiger charge is 2.34. The lowest BCUT2D eigenvalue weighted by Gasteiger charge is -2.44. The number of carbonyl (C=O) groups excluding carboxylic acids is 1. The zero-order valence-electron chi connectivity index (χ0n) is 10.6. The smallest absolute Gasteiger partial charge is 0.136 e. The van der Waals surface area contributed by atoms with Crippen LogP contribution in [0.15, 0.2) is 18.2 Å². The molecule has 0 bridgehead atoms. The van der Waals surface area contributed by atoms with Crippen LogP contribution in [0.3, 0.4) is 0 Å². The molecule has 90 valence electrons. The molecule has 2 heterocycles. The van der Waals surface area contributed by atoms with Gasteiger partial charge in [-0.3, -0.25) is 4.79 Å². The Morgan fingerprint density at radius 3 is 3.00 bits per heavy atom. The molecule has 1 saturated heterocycles. The maximum atomic E-state index is 11.6. The summed E-state index contributed by atoms with van der Waals surface area (Å²) in [6, 6.07) is 7.18. The lowest BCUT2D eigenvalue weighted by Crippen LogP contribution is -2.46. The average molecular weight is 229 g/mol. The van der Waals surface area contributed by atoms with Crippen LogP contribution in [-0.4, -0.2) is 18.4 Å². The van der Waals surface area contributed by atoms with Crippen LogP contribution in [0.1, 0.15) is 43.2 Å². The van der Waals surface area contributed by atoms with Crippen LogP contribution >= 0.6 is 0 Å². The number of fused-ring (bicyclic) bond motifs is 3. The minimum absolute atomic E-state index is 0.439. The van der Waals surface area contributed by atoms with Gasteiger partial charge in [-0.2, -0.15) is 0 Å². The van der Waals surface area contributed by atoms with E-state index in [1.54, 1.807) is 0 Å². The number of nitrogens with zero attached hydrogens (tertiary/aromatic N) is 1. The van der Waals surface area contributed by atoms with Gasteiger partial charge in [0.25, 0.3) is 0 Å². The lowest BCUT2D eigenvalue weighted by atomic mass is 9.82. The third kappa shape index (κ3) is 1.76. The van der Waals surface area contributed by atoms with Gasteiger partial charge in [0.15, 0.2) is 0 Å². The summed E-state index contributed by atoms with van der Waals surface area (Å²) >= 11 is 0. The summed E-state index contributed by atoms with van der Waals surface area (Å²) in [6.45, 7) is 5.35. The number of Topliss-reactive ketones (excluding diaryl/α,β-unsaturated/α-hetero) is 1. The van der Waals surface area contributed by atoms with Crippen molar-refractivity contribution in [2.24, 2.45) is 0 Å². The first-order chi connectivity index (χ1) is 8.15. The van der Waals surface area contributed by atoms with Crippen molar-refractivity contribution in [3.63, 3.8) is 0 Å². The number of benzene rings is 1. The van der Waals surface area contributed by atoms with E-state index >= 15 is 0 Å². The second-order valence-corrected chi connectivity index (χ2v) is 5.54. The molecule has 2 atom stereocenters. The Hall–Kier alpha value is -1.31. The molecular weight excluding hydrogens is 210 g/mol. The van der Waals surface area contributed by atoms with E-state index in [0.717, 1.165) is 25.8 Å². The number of piperidine rings is 1. The number of ketones is 1. The van der Waals surface area contributed by atoms with Crippen molar-refractivity contribution in [2.75, 3.05) is 11.4 Å². The largest absolute Gasteiger partial charge is 0.367 e. The fourth-order valence-corrected chi connectivity index (χ4v) is 3.30. The van der Waals surface area contributed by atoms with Crippen LogP contribution in [0.2, 0.25) is 0 Å². The predicted molar refractivity (Wildman–Crippen MR) is 69.6 cm³/mol. The van der Waals surface area contributed by atoms with Crippen molar-refractivity contribution in [3.05, 3.63) is 29.3 Å². The van der Waals surface area contributed by atoms with Crippen molar-refractivity contribution in [2.45, 2.75) is 45.1 Å². The normalized spacial score (nSPS) is 27.6. The molecule has 0 radical (unpaired) electrons. The molecule has 1 fully saturated rings. The van der Waals surface area contributed by atoms with Crippen molar-refractivity contribution in [3.8, 4) is 0 Å². The molecule has 0 aliphatic carbocycles. The van der Waals surface area contributed by atoms with E-state index in [4.69, 9.17) is 0 Å². The summed E-state index contributed by atoms with van der Waals surface area (Å²) in [5.41, 5.74) is 4.17. The number of anilines is 1. The summed E-state index contributed by atoms with van der Waals surface area (Å²) in [5.74, 6) is 1.02. The molecule has 0 spiro atoms. The molecule has 2 heteroatoms. The highest BCUT2D eigenvalue weighted by atomic mass is 16.1. The molecule has 2 aliphatic rings. The molecule has 1 aromatic rings. The fraction of sp³-hybridized carbons (Fsp3) is 0.533. The maximum Gasteiger partial charge on any atom is 0.136 e. The monoisotopic (exact) mass is 229 g/mol. The number of rotatable bonds is 0. The van der Waals surface area contributed by atoms with Crippen LogP contribution < -0.4 is 4.90 Å². The number of carbonyl (C=O) groups is 1. The predicted octanol–water partition coefficient (Wildman–Crippen LogP) is 3.04. The molecular formula is C15H19NO. The van der Waals surface area contributed by atoms with Crippen LogP contribution in [-0.2, 0) is 4.79 Å². The number of hydrogen-bond donors (Lipinski definition) is 0. The Kier molecular flexibility index (Phi) is 2.46. The highest BCUT2D eigenvalue weighted by molar-refractivity contribution is 5.82. The van der Waals surface area contributed by atoms with Gasteiger partial charge in [-0.25, -0.2) is 0 Å². The van der Waals surface area contributed by atoms with E-state index in [1.807, 2.05) is 0 Å². The Bertz CT molecular complexity index is 466. The van der Waals surface area contributed by atoms with E-state index in [2.05, 4.69) is 36.9 Å². The Morgan fingerprint density at radius 1 is 1.35 bits per heavy atom. The first-order valence-corrected chi connectivity index (χ1v) is 6.54. The summed E-state index contributed by atoms with van der Waals surface area (Å²) < 4.78 is 0. The highest BCUT2D eigenvalue weighted by Crippen LogP contribution is 2.41. The summed E-state index contributed by atoms with van der Waals surface area (Å²) in [6.07, 6.45) is 2.60. The number of aryl methyl sites for hydroxylation is 1. The fourth-order valence-electron chi connectivity index (χ4n) is 3.30. The quantitative estimate of drug-likeness (QED) is 0.681. The minimum Gasteiger partial charge on any atom is -0.367 e. The van der Waals surface area contributed by atoms with Crippen LogP contribution in [0.4, 0.5) is 5.69 Å². The third-order valence-corrected chi connectivity index (χ3v) is 4.18. The molecule has 0 unspecified atom stereocenters. The molecule has 3 rings (SSSR count). The Balaban J connectivity index is 2.02. The molecule has 0 aromatic heterocycles. The summed E-state index contributed by atoms with van der Waals surface area (Å²) in [7, 11) is 0. The Morgan fingerprint density at radius 2 is 2.18 bits per heavy atom. The second kappa shape index (κ2) is 3.86.